The third-order valence-electron chi connectivity index (χ3n) is 2.98. The van der Waals surface area contributed by atoms with Gasteiger partial charge in [0.25, 0.3) is 0 Å². The van der Waals surface area contributed by atoms with E-state index in [-0.39, 0.29) is 6.04 Å². The van der Waals surface area contributed by atoms with E-state index in [0.717, 1.165) is 11.4 Å². The molecule has 5 heteroatoms. The molecule has 1 atom stereocenters. The SMILES string of the molecule is Cc1cccc(OCCC(N)c2c(Cl)cnn2C)c1. The molecule has 2 rings (SSSR count). The number of aryl methyl sites for hydroxylation is 2. The Bertz CT molecular complexity index is 534. The Morgan fingerprint density at radius 3 is 2.89 bits per heavy atom. The number of aromatic nitrogens is 2. The van der Waals surface area contributed by atoms with E-state index in [0.29, 0.717) is 18.1 Å². The summed E-state index contributed by atoms with van der Waals surface area (Å²) in [6.07, 6.45) is 2.30. The summed E-state index contributed by atoms with van der Waals surface area (Å²) in [6.45, 7) is 2.58. The predicted octanol–water partition coefficient (Wildman–Crippen LogP) is 2.85. The maximum Gasteiger partial charge on any atom is 0.119 e. The molecular formula is C14H18ClN3O. The van der Waals surface area contributed by atoms with Crippen molar-refractivity contribution in [3.05, 3.63) is 46.7 Å². The second-order valence-electron chi connectivity index (χ2n) is 4.56. The number of benzene rings is 1. The van der Waals surface area contributed by atoms with Gasteiger partial charge in [-0.1, -0.05) is 23.7 Å². The number of rotatable bonds is 5. The Hall–Kier alpha value is -1.52. The number of halogens is 1. The molecule has 0 amide bonds. The van der Waals surface area contributed by atoms with E-state index in [2.05, 4.69) is 5.10 Å². The number of hydrogen-bond donors (Lipinski definition) is 1. The third-order valence-corrected chi connectivity index (χ3v) is 3.27. The lowest BCUT2D eigenvalue weighted by Crippen LogP contribution is -2.18. The van der Waals surface area contributed by atoms with Crippen LogP contribution in [-0.4, -0.2) is 16.4 Å². The molecule has 0 bridgehead atoms. The average Bonchev–Trinajstić information content (AvgIpc) is 2.69. The fourth-order valence-electron chi connectivity index (χ4n) is 1.98. The van der Waals surface area contributed by atoms with Gasteiger partial charge in [0.05, 0.1) is 29.6 Å². The van der Waals surface area contributed by atoms with Crippen molar-refractivity contribution in [2.75, 3.05) is 6.61 Å². The van der Waals surface area contributed by atoms with Gasteiger partial charge in [-0.2, -0.15) is 5.10 Å². The lowest BCUT2D eigenvalue weighted by Gasteiger charge is -2.13. The first-order valence-electron chi connectivity index (χ1n) is 6.20. The Labute approximate surface area is 118 Å². The van der Waals surface area contributed by atoms with Crippen LogP contribution in [-0.2, 0) is 7.05 Å². The normalized spacial score (nSPS) is 12.4. The van der Waals surface area contributed by atoms with Gasteiger partial charge in [0.1, 0.15) is 5.75 Å². The molecule has 0 aliphatic carbocycles. The van der Waals surface area contributed by atoms with Crippen LogP contribution in [0.5, 0.6) is 5.75 Å². The van der Waals surface area contributed by atoms with E-state index in [1.165, 1.54) is 5.56 Å². The van der Waals surface area contributed by atoms with Crippen molar-refractivity contribution in [2.45, 2.75) is 19.4 Å². The monoisotopic (exact) mass is 279 g/mol. The van der Waals surface area contributed by atoms with Gasteiger partial charge in [-0.15, -0.1) is 0 Å². The summed E-state index contributed by atoms with van der Waals surface area (Å²) in [7, 11) is 1.84. The summed E-state index contributed by atoms with van der Waals surface area (Å²) in [5.41, 5.74) is 8.13. The minimum absolute atomic E-state index is 0.176. The first-order chi connectivity index (χ1) is 9.08. The summed E-state index contributed by atoms with van der Waals surface area (Å²) in [6, 6.07) is 7.78. The third kappa shape index (κ3) is 3.49. The summed E-state index contributed by atoms with van der Waals surface area (Å²) in [4.78, 5) is 0. The largest absolute Gasteiger partial charge is 0.494 e. The summed E-state index contributed by atoms with van der Waals surface area (Å²) >= 11 is 6.05. The van der Waals surface area contributed by atoms with Gasteiger partial charge in [-0.25, -0.2) is 0 Å². The second kappa shape index (κ2) is 6.08. The van der Waals surface area contributed by atoms with Crippen LogP contribution in [0.2, 0.25) is 5.02 Å². The molecule has 0 saturated carbocycles. The van der Waals surface area contributed by atoms with Crippen molar-refractivity contribution >= 4 is 11.6 Å². The smallest absolute Gasteiger partial charge is 0.119 e. The van der Waals surface area contributed by atoms with Gasteiger partial charge in [-0.3, -0.25) is 4.68 Å². The van der Waals surface area contributed by atoms with Crippen molar-refractivity contribution in [1.29, 1.82) is 0 Å². The Morgan fingerprint density at radius 1 is 1.47 bits per heavy atom. The molecule has 0 aliphatic rings. The van der Waals surface area contributed by atoms with Gasteiger partial charge >= 0.3 is 0 Å². The van der Waals surface area contributed by atoms with Crippen molar-refractivity contribution in [1.82, 2.24) is 9.78 Å². The van der Waals surface area contributed by atoms with Crippen LogP contribution >= 0.6 is 11.6 Å². The molecule has 0 fully saturated rings. The van der Waals surface area contributed by atoms with Crippen LogP contribution in [0.15, 0.2) is 30.5 Å². The molecule has 4 nitrogen and oxygen atoms in total. The van der Waals surface area contributed by atoms with E-state index in [1.54, 1.807) is 10.9 Å². The number of nitrogens with two attached hydrogens (primary N) is 1. The molecule has 1 aromatic carbocycles. The number of ether oxygens (including phenoxy) is 1. The Kier molecular flexibility index (Phi) is 4.45. The highest BCUT2D eigenvalue weighted by molar-refractivity contribution is 6.31. The lowest BCUT2D eigenvalue weighted by molar-refractivity contribution is 0.296. The second-order valence-corrected chi connectivity index (χ2v) is 4.97. The fourth-order valence-corrected chi connectivity index (χ4v) is 2.29. The lowest BCUT2D eigenvalue weighted by atomic mass is 10.1. The van der Waals surface area contributed by atoms with Crippen LogP contribution in [0, 0.1) is 6.92 Å². The van der Waals surface area contributed by atoms with Gasteiger partial charge in [-0.05, 0) is 24.6 Å². The van der Waals surface area contributed by atoms with Crippen LogP contribution in [0.1, 0.15) is 23.7 Å². The summed E-state index contributed by atoms with van der Waals surface area (Å²) in [5.74, 6) is 0.864. The molecule has 102 valence electrons. The quantitative estimate of drug-likeness (QED) is 0.916. The fraction of sp³-hybridized carbons (Fsp3) is 0.357. The van der Waals surface area contributed by atoms with E-state index in [4.69, 9.17) is 22.1 Å². The van der Waals surface area contributed by atoms with Crippen LogP contribution in [0.3, 0.4) is 0 Å². The molecule has 0 aliphatic heterocycles. The average molecular weight is 280 g/mol. The topological polar surface area (TPSA) is 53.1 Å². The van der Waals surface area contributed by atoms with Gasteiger partial charge in [0.2, 0.25) is 0 Å². The Balaban J connectivity index is 1.89. The molecule has 0 spiro atoms. The van der Waals surface area contributed by atoms with Gasteiger partial charge in [0, 0.05) is 13.5 Å². The van der Waals surface area contributed by atoms with Crippen molar-refractivity contribution in [2.24, 2.45) is 12.8 Å². The zero-order chi connectivity index (χ0) is 13.8. The summed E-state index contributed by atoms with van der Waals surface area (Å²) < 4.78 is 7.39. The molecule has 1 unspecified atom stereocenters. The maximum atomic E-state index is 6.11. The zero-order valence-electron chi connectivity index (χ0n) is 11.1. The molecule has 1 heterocycles. The van der Waals surface area contributed by atoms with E-state index in [1.807, 2.05) is 38.2 Å². The molecule has 0 radical (unpaired) electrons. The van der Waals surface area contributed by atoms with Crippen LogP contribution in [0.4, 0.5) is 0 Å². The van der Waals surface area contributed by atoms with Crippen LogP contribution < -0.4 is 10.5 Å². The first-order valence-corrected chi connectivity index (χ1v) is 6.58. The molecular weight excluding hydrogens is 262 g/mol. The van der Waals surface area contributed by atoms with E-state index >= 15 is 0 Å². The minimum Gasteiger partial charge on any atom is -0.494 e. The van der Waals surface area contributed by atoms with Gasteiger partial charge < -0.3 is 10.5 Å². The maximum absolute atomic E-state index is 6.11. The number of nitrogens with zero attached hydrogens (tertiary/aromatic N) is 2. The molecule has 1 aromatic heterocycles. The standard InChI is InChI=1S/C14H18ClN3O/c1-10-4-3-5-11(8-10)19-7-6-13(16)14-12(15)9-17-18(14)2/h3-5,8-9,13H,6-7,16H2,1-2H3. The Morgan fingerprint density at radius 2 is 2.26 bits per heavy atom. The van der Waals surface area contributed by atoms with Crippen LogP contribution in [0.25, 0.3) is 0 Å². The zero-order valence-corrected chi connectivity index (χ0v) is 11.9. The highest BCUT2D eigenvalue weighted by atomic mass is 35.5. The minimum atomic E-state index is -0.176. The van der Waals surface area contributed by atoms with Crippen molar-refractivity contribution < 1.29 is 4.74 Å². The highest BCUT2D eigenvalue weighted by Crippen LogP contribution is 2.23. The molecule has 0 saturated heterocycles. The molecule has 2 aromatic rings. The number of hydrogen-bond acceptors (Lipinski definition) is 3. The predicted molar refractivity (Wildman–Crippen MR) is 76.4 cm³/mol. The van der Waals surface area contributed by atoms with Crippen molar-refractivity contribution in [3.63, 3.8) is 0 Å². The highest BCUT2D eigenvalue weighted by Gasteiger charge is 2.15. The van der Waals surface area contributed by atoms with E-state index in [9.17, 15) is 0 Å². The summed E-state index contributed by atoms with van der Waals surface area (Å²) in [5, 5.41) is 4.68. The van der Waals surface area contributed by atoms with Gasteiger partial charge in [0.15, 0.2) is 0 Å². The molecule has 19 heavy (non-hydrogen) atoms. The van der Waals surface area contributed by atoms with E-state index < -0.39 is 0 Å². The van der Waals surface area contributed by atoms with Crippen molar-refractivity contribution in [3.8, 4) is 5.75 Å². The molecule has 2 N–H and O–H groups in total. The first kappa shape index (κ1) is 13.9.